The number of nitrogens with zero attached hydrogens (tertiary/aromatic N) is 1. The minimum atomic E-state index is -4.97. The lowest BCUT2D eigenvalue weighted by Crippen LogP contribution is -2.39. The number of benzene rings is 1. The Bertz CT molecular complexity index is 531. The van der Waals surface area contributed by atoms with Crippen molar-refractivity contribution in [1.82, 2.24) is 5.06 Å². The highest BCUT2D eigenvalue weighted by atomic mass is 19.4. The van der Waals surface area contributed by atoms with Crippen molar-refractivity contribution in [2.45, 2.75) is 19.0 Å². The summed E-state index contributed by atoms with van der Waals surface area (Å²) >= 11 is 0. The van der Waals surface area contributed by atoms with E-state index in [1.54, 1.807) is 12.1 Å². The Balaban J connectivity index is 1.80. The van der Waals surface area contributed by atoms with Crippen molar-refractivity contribution in [3.63, 3.8) is 0 Å². The lowest BCUT2D eigenvalue weighted by molar-refractivity contribution is -0.241. The number of rotatable bonds is 3. The minimum absolute atomic E-state index is 0.186. The van der Waals surface area contributed by atoms with E-state index >= 15 is 0 Å². The Hall–Kier alpha value is -1.89. The number of halogens is 4. The first-order chi connectivity index (χ1) is 10.3. The number of hydrogen-bond donors (Lipinski definition) is 0. The zero-order valence-electron chi connectivity index (χ0n) is 11.6. The van der Waals surface area contributed by atoms with Crippen LogP contribution in [0.2, 0.25) is 0 Å². The van der Waals surface area contributed by atoms with Gasteiger partial charge in [-0.25, -0.2) is 9.18 Å². The van der Waals surface area contributed by atoms with Crippen LogP contribution < -0.4 is 0 Å². The Morgan fingerprint density at radius 2 is 1.77 bits per heavy atom. The van der Waals surface area contributed by atoms with Crippen molar-refractivity contribution in [1.29, 1.82) is 0 Å². The summed E-state index contributed by atoms with van der Waals surface area (Å²) in [6, 6.07) is 6.01. The van der Waals surface area contributed by atoms with E-state index in [4.69, 9.17) is 0 Å². The number of allylic oxidation sites excluding steroid dienone is 1. The molecule has 0 radical (unpaired) electrons. The standard InChI is InChI=1S/C15H15F4NO2/c16-13-5-3-11(4-6-13)1-2-12-7-9-20(10-8-12)22-14(21)15(17,18)19/h1-6,12H,7-10H2/b2-1+. The van der Waals surface area contributed by atoms with Gasteiger partial charge in [0, 0.05) is 13.1 Å². The van der Waals surface area contributed by atoms with Crippen LogP contribution in [0.1, 0.15) is 18.4 Å². The van der Waals surface area contributed by atoms with Gasteiger partial charge in [-0.3, -0.25) is 0 Å². The summed E-state index contributed by atoms with van der Waals surface area (Å²) in [7, 11) is 0. The fraction of sp³-hybridized carbons (Fsp3) is 0.400. The molecule has 22 heavy (non-hydrogen) atoms. The third kappa shape index (κ3) is 4.84. The van der Waals surface area contributed by atoms with Crippen LogP contribution in [-0.2, 0) is 9.63 Å². The summed E-state index contributed by atoms with van der Waals surface area (Å²) in [5, 5.41) is 1.04. The Labute approximate surface area is 125 Å². The Morgan fingerprint density at radius 1 is 1.18 bits per heavy atom. The first-order valence-corrected chi connectivity index (χ1v) is 6.82. The summed E-state index contributed by atoms with van der Waals surface area (Å²) < 4.78 is 49.0. The van der Waals surface area contributed by atoms with Gasteiger partial charge in [0.25, 0.3) is 0 Å². The minimum Gasteiger partial charge on any atom is -0.361 e. The third-order valence-corrected chi connectivity index (χ3v) is 3.37. The molecule has 120 valence electrons. The van der Waals surface area contributed by atoms with E-state index in [2.05, 4.69) is 4.84 Å². The van der Waals surface area contributed by atoms with Crippen LogP contribution in [0.4, 0.5) is 17.6 Å². The number of carbonyl (C=O) groups is 1. The fourth-order valence-corrected chi connectivity index (χ4v) is 2.15. The molecule has 0 bridgehead atoms. The molecule has 0 atom stereocenters. The normalized spacial score (nSPS) is 17.8. The summed E-state index contributed by atoms with van der Waals surface area (Å²) in [4.78, 5) is 15.0. The molecule has 0 aliphatic carbocycles. The quantitative estimate of drug-likeness (QED) is 0.798. The monoisotopic (exact) mass is 317 g/mol. The first kappa shape index (κ1) is 16.5. The largest absolute Gasteiger partial charge is 0.492 e. The van der Waals surface area contributed by atoms with Gasteiger partial charge < -0.3 is 4.84 Å². The molecule has 0 amide bonds. The van der Waals surface area contributed by atoms with Gasteiger partial charge in [0.2, 0.25) is 0 Å². The lowest BCUT2D eigenvalue weighted by atomic mass is 9.96. The average molecular weight is 317 g/mol. The molecule has 0 saturated carbocycles. The molecule has 7 heteroatoms. The van der Waals surface area contributed by atoms with Crippen molar-refractivity contribution in [3.8, 4) is 0 Å². The fourth-order valence-electron chi connectivity index (χ4n) is 2.15. The van der Waals surface area contributed by atoms with Gasteiger partial charge in [0.1, 0.15) is 5.82 Å². The van der Waals surface area contributed by atoms with Gasteiger partial charge in [-0.05, 0) is 36.5 Å². The molecule has 1 aromatic rings. The number of piperidine rings is 1. The predicted molar refractivity (Wildman–Crippen MR) is 71.9 cm³/mol. The van der Waals surface area contributed by atoms with E-state index in [0.717, 1.165) is 10.6 Å². The molecule has 1 heterocycles. The molecular formula is C15H15F4NO2. The van der Waals surface area contributed by atoms with Crippen LogP contribution in [0.15, 0.2) is 30.3 Å². The first-order valence-electron chi connectivity index (χ1n) is 6.82. The molecule has 0 spiro atoms. The SMILES string of the molecule is O=C(ON1CCC(/C=C/c2ccc(F)cc2)CC1)C(F)(F)F. The van der Waals surface area contributed by atoms with Gasteiger partial charge in [-0.2, -0.15) is 13.2 Å². The van der Waals surface area contributed by atoms with Crippen LogP contribution in [0.5, 0.6) is 0 Å². The van der Waals surface area contributed by atoms with Crippen LogP contribution in [-0.4, -0.2) is 30.3 Å². The van der Waals surface area contributed by atoms with Crippen molar-refractivity contribution >= 4 is 12.0 Å². The van der Waals surface area contributed by atoms with Gasteiger partial charge in [-0.15, -0.1) is 5.06 Å². The van der Waals surface area contributed by atoms with E-state index < -0.39 is 12.1 Å². The van der Waals surface area contributed by atoms with Crippen molar-refractivity contribution in [3.05, 3.63) is 41.7 Å². The summed E-state index contributed by atoms with van der Waals surface area (Å²) in [6.07, 6.45) is -0.0113. The second kappa shape index (κ2) is 6.91. The second-order valence-corrected chi connectivity index (χ2v) is 5.05. The van der Waals surface area contributed by atoms with Crippen LogP contribution in [0.3, 0.4) is 0 Å². The van der Waals surface area contributed by atoms with Crippen LogP contribution in [0.25, 0.3) is 6.08 Å². The maximum absolute atomic E-state index is 12.8. The summed E-state index contributed by atoms with van der Waals surface area (Å²) in [6.45, 7) is 0.500. The van der Waals surface area contributed by atoms with E-state index in [1.807, 2.05) is 12.2 Å². The molecule has 1 fully saturated rings. The molecule has 0 aromatic heterocycles. The number of hydroxylamine groups is 2. The van der Waals surface area contributed by atoms with Crippen LogP contribution in [0, 0.1) is 11.7 Å². The maximum Gasteiger partial charge on any atom is 0.492 e. The topological polar surface area (TPSA) is 29.5 Å². The van der Waals surface area contributed by atoms with Crippen molar-refractivity contribution in [2.75, 3.05) is 13.1 Å². The molecule has 0 unspecified atom stereocenters. The van der Waals surface area contributed by atoms with Gasteiger partial charge in [0.05, 0.1) is 0 Å². The van der Waals surface area contributed by atoms with Gasteiger partial charge in [0.15, 0.2) is 0 Å². The number of carbonyl (C=O) groups excluding carboxylic acids is 1. The number of alkyl halides is 3. The van der Waals surface area contributed by atoms with E-state index in [0.29, 0.717) is 12.8 Å². The number of hydrogen-bond acceptors (Lipinski definition) is 3. The molecule has 2 rings (SSSR count). The molecule has 3 nitrogen and oxygen atoms in total. The predicted octanol–water partition coefficient (Wildman–Crippen LogP) is 3.57. The van der Waals surface area contributed by atoms with Crippen molar-refractivity contribution in [2.24, 2.45) is 5.92 Å². The third-order valence-electron chi connectivity index (χ3n) is 3.37. The molecule has 1 aromatic carbocycles. The van der Waals surface area contributed by atoms with E-state index in [1.165, 1.54) is 12.1 Å². The zero-order chi connectivity index (χ0) is 16.2. The smallest absolute Gasteiger partial charge is 0.361 e. The van der Waals surface area contributed by atoms with Crippen LogP contribution >= 0.6 is 0 Å². The molecule has 0 N–H and O–H groups in total. The second-order valence-electron chi connectivity index (χ2n) is 5.05. The average Bonchev–Trinajstić information content (AvgIpc) is 2.47. The van der Waals surface area contributed by atoms with Gasteiger partial charge in [-0.1, -0.05) is 24.3 Å². The summed E-state index contributed by atoms with van der Waals surface area (Å²) in [5.74, 6) is -2.31. The summed E-state index contributed by atoms with van der Waals surface area (Å²) in [5.41, 5.74) is 0.854. The van der Waals surface area contributed by atoms with Crippen molar-refractivity contribution < 1.29 is 27.2 Å². The zero-order valence-corrected chi connectivity index (χ0v) is 11.6. The highest BCUT2D eigenvalue weighted by Crippen LogP contribution is 2.22. The van der Waals surface area contributed by atoms with E-state index in [9.17, 15) is 22.4 Å². The van der Waals surface area contributed by atoms with Gasteiger partial charge >= 0.3 is 12.1 Å². The molecule has 1 aliphatic heterocycles. The van der Waals surface area contributed by atoms with E-state index in [-0.39, 0.29) is 24.8 Å². The Kier molecular flexibility index (Phi) is 5.18. The molecule has 1 aliphatic rings. The maximum atomic E-state index is 12.8. The molecular weight excluding hydrogens is 302 g/mol. The Morgan fingerprint density at radius 3 is 2.32 bits per heavy atom. The lowest BCUT2D eigenvalue weighted by Gasteiger charge is -2.29. The highest BCUT2D eigenvalue weighted by Gasteiger charge is 2.42. The highest BCUT2D eigenvalue weighted by molar-refractivity contribution is 5.75. The molecule has 1 saturated heterocycles.